The molecule has 0 saturated heterocycles. The van der Waals surface area contributed by atoms with Crippen molar-refractivity contribution < 1.29 is 9.31 Å². The molecule has 1 aromatic heterocycles. The van der Waals surface area contributed by atoms with Crippen molar-refractivity contribution in [2.45, 2.75) is 0 Å². The largest absolute Gasteiger partial charge is 0.364 e. The van der Waals surface area contributed by atoms with Gasteiger partial charge >= 0.3 is 5.82 Å². The van der Waals surface area contributed by atoms with E-state index in [1.807, 2.05) is 0 Å². The van der Waals surface area contributed by atoms with E-state index in [0.717, 1.165) is 0 Å². The van der Waals surface area contributed by atoms with Crippen molar-refractivity contribution in [1.82, 2.24) is 4.98 Å². The van der Waals surface area contributed by atoms with Gasteiger partial charge < -0.3 is 10.1 Å². The summed E-state index contributed by atoms with van der Waals surface area (Å²) in [6.07, 6.45) is 0. The Bertz CT molecular complexity index is 543. The maximum absolute atomic E-state index is 13.4. The van der Waals surface area contributed by atoms with Crippen LogP contribution in [-0.4, -0.2) is 9.91 Å². The summed E-state index contributed by atoms with van der Waals surface area (Å²) in [6.45, 7) is 0. The van der Waals surface area contributed by atoms with E-state index in [0.29, 0.717) is 0 Å². The van der Waals surface area contributed by atoms with Crippen LogP contribution < -0.4 is 0 Å². The average molecular weight is 218 g/mol. The minimum Gasteiger partial charge on any atom is -0.358 e. The second-order valence-electron chi connectivity index (χ2n) is 3.12. The van der Waals surface area contributed by atoms with Gasteiger partial charge in [0.25, 0.3) is 0 Å². The molecule has 2 aromatic rings. The van der Waals surface area contributed by atoms with Crippen LogP contribution in [0.3, 0.4) is 0 Å². The van der Waals surface area contributed by atoms with E-state index in [4.69, 9.17) is 0 Å². The van der Waals surface area contributed by atoms with Crippen LogP contribution in [0, 0.1) is 15.9 Å². The molecule has 0 unspecified atom stereocenters. The summed E-state index contributed by atoms with van der Waals surface area (Å²) < 4.78 is 13.4. The number of halogens is 1. The van der Waals surface area contributed by atoms with E-state index < -0.39 is 10.7 Å². The van der Waals surface area contributed by atoms with Crippen molar-refractivity contribution in [1.29, 1.82) is 0 Å². The maximum atomic E-state index is 13.4. The van der Waals surface area contributed by atoms with Crippen molar-refractivity contribution in [2.75, 3.05) is 0 Å². The van der Waals surface area contributed by atoms with Gasteiger partial charge in [0.15, 0.2) is 5.69 Å². The maximum Gasteiger partial charge on any atom is 0.364 e. The van der Waals surface area contributed by atoms with Crippen molar-refractivity contribution in [3.8, 4) is 11.3 Å². The van der Waals surface area contributed by atoms with Gasteiger partial charge in [-0.15, -0.1) is 0 Å². The summed E-state index contributed by atoms with van der Waals surface area (Å²) >= 11 is 0. The summed E-state index contributed by atoms with van der Waals surface area (Å²) in [6, 6.07) is 10.3. The Hall–Kier alpha value is -2.30. The lowest BCUT2D eigenvalue weighted by atomic mass is 10.1. The van der Waals surface area contributed by atoms with E-state index in [2.05, 4.69) is 4.98 Å². The molecule has 4 nitrogen and oxygen atoms in total. The first-order valence-electron chi connectivity index (χ1n) is 4.55. The van der Waals surface area contributed by atoms with Gasteiger partial charge in [-0.3, -0.25) is 0 Å². The Labute approximate surface area is 90.5 Å². The van der Waals surface area contributed by atoms with Crippen LogP contribution in [0.15, 0.2) is 42.5 Å². The lowest BCUT2D eigenvalue weighted by Gasteiger charge is -1.98. The molecule has 16 heavy (non-hydrogen) atoms. The zero-order chi connectivity index (χ0) is 11.5. The second-order valence-corrected chi connectivity index (χ2v) is 3.12. The van der Waals surface area contributed by atoms with E-state index in [1.165, 1.54) is 30.3 Å². The minimum absolute atomic E-state index is 0.256. The lowest BCUT2D eigenvalue weighted by molar-refractivity contribution is -0.389. The third-order valence-corrected chi connectivity index (χ3v) is 2.07. The number of nitro groups is 1. The van der Waals surface area contributed by atoms with Crippen molar-refractivity contribution in [3.63, 3.8) is 0 Å². The van der Waals surface area contributed by atoms with E-state index >= 15 is 0 Å². The molecule has 0 aliphatic rings. The van der Waals surface area contributed by atoms with Crippen LogP contribution in [0.4, 0.5) is 10.2 Å². The SMILES string of the molecule is O=[N+]([O-])c1cccc(-c2ccccc2F)n1. The molecule has 0 amide bonds. The first kappa shape index (κ1) is 10.2. The Balaban J connectivity index is 2.53. The number of rotatable bonds is 2. The smallest absolute Gasteiger partial charge is 0.358 e. The molecule has 0 saturated carbocycles. The number of nitrogens with zero attached hydrogens (tertiary/aromatic N) is 2. The molecular weight excluding hydrogens is 211 g/mol. The highest BCUT2D eigenvalue weighted by Gasteiger charge is 2.13. The Kier molecular flexibility index (Phi) is 2.59. The fourth-order valence-corrected chi connectivity index (χ4v) is 1.34. The monoisotopic (exact) mass is 218 g/mol. The van der Waals surface area contributed by atoms with Crippen LogP contribution in [0.25, 0.3) is 11.3 Å². The molecule has 0 bridgehead atoms. The van der Waals surface area contributed by atoms with Gasteiger partial charge in [0, 0.05) is 6.07 Å². The predicted octanol–water partition coefficient (Wildman–Crippen LogP) is 2.80. The normalized spacial score (nSPS) is 10.1. The van der Waals surface area contributed by atoms with Gasteiger partial charge in [0.2, 0.25) is 0 Å². The average Bonchev–Trinajstić information content (AvgIpc) is 2.30. The highest BCUT2D eigenvalue weighted by Crippen LogP contribution is 2.22. The molecule has 0 aliphatic carbocycles. The number of hydrogen-bond donors (Lipinski definition) is 0. The van der Waals surface area contributed by atoms with Crippen molar-refractivity contribution in [2.24, 2.45) is 0 Å². The molecule has 0 atom stereocenters. The number of benzene rings is 1. The molecule has 1 heterocycles. The molecule has 0 radical (unpaired) electrons. The zero-order valence-corrected chi connectivity index (χ0v) is 8.13. The molecular formula is C11H7FN2O2. The molecule has 0 spiro atoms. The molecule has 5 heteroatoms. The molecule has 2 rings (SSSR count). The Morgan fingerprint density at radius 2 is 1.88 bits per heavy atom. The topological polar surface area (TPSA) is 56.0 Å². The summed E-state index contributed by atoms with van der Waals surface area (Å²) in [7, 11) is 0. The van der Waals surface area contributed by atoms with E-state index in [1.54, 1.807) is 12.1 Å². The van der Waals surface area contributed by atoms with Crippen LogP contribution in [0.1, 0.15) is 0 Å². The highest BCUT2D eigenvalue weighted by molar-refractivity contribution is 5.60. The molecule has 80 valence electrons. The third kappa shape index (κ3) is 1.88. The lowest BCUT2D eigenvalue weighted by Crippen LogP contribution is -1.94. The number of aromatic nitrogens is 1. The number of hydrogen-bond acceptors (Lipinski definition) is 3. The summed E-state index contributed by atoms with van der Waals surface area (Å²) in [5, 5.41) is 10.5. The fourth-order valence-electron chi connectivity index (χ4n) is 1.34. The standard InChI is InChI=1S/C11H7FN2O2/c12-9-5-2-1-4-8(9)10-6-3-7-11(13-10)14(15)16/h1-7H. The molecule has 0 fully saturated rings. The van der Waals surface area contributed by atoms with Crippen LogP contribution in [-0.2, 0) is 0 Å². The molecule has 1 aromatic carbocycles. The summed E-state index contributed by atoms with van der Waals surface area (Å²) in [5.74, 6) is -0.740. The highest BCUT2D eigenvalue weighted by atomic mass is 19.1. The van der Waals surface area contributed by atoms with Crippen LogP contribution in [0.5, 0.6) is 0 Å². The first-order valence-corrected chi connectivity index (χ1v) is 4.55. The quantitative estimate of drug-likeness (QED) is 0.575. The van der Waals surface area contributed by atoms with Gasteiger partial charge in [0.05, 0.1) is 5.56 Å². The summed E-state index contributed by atoms with van der Waals surface area (Å²) in [4.78, 5) is 13.7. The Morgan fingerprint density at radius 1 is 1.12 bits per heavy atom. The third-order valence-electron chi connectivity index (χ3n) is 2.07. The van der Waals surface area contributed by atoms with Crippen LogP contribution in [0.2, 0.25) is 0 Å². The molecule has 0 aliphatic heterocycles. The van der Waals surface area contributed by atoms with Crippen molar-refractivity contribution in [3.05, 3.63) is 58.4 Å². The van der Waals surface area contributed by atoms with Gasteiger partial charge in [-0.25, -0.2) is 4.39 Å². The van der Waals surface area contributed by atoms with E-state index in [-0.39, 0.29) is 17.1 Å². The Morgan fingerprint density at radius 3 is 2.56 bits per heavy atom. The number of pyridine rings is 1. The van der Waals surface area contributed by atoms with Gasteiger partial charge in [-0.05, 0) is 34.2 Å². The van der Waals surface area contributed by atoms with Crippen molar-refractivity contribution >= 4 is 5.82 Å². The van der Waals surface area contributed by atoms with Gasteiger partial charge in [-0.1, -0.05) is 12.1 Å². The first-order chi connectivity index (χ1) is 7.68. The van der Waals surface area contributed by atoms with Gasteiger partial charge in [-0.2, -0.15) is 0 Å². The fraction of sp³-hybridized carbons (Fsp3) is 0. The van der Waals surface area contributed by atoms with Crippen LogP contribution >= 0.6 is 0 Å². The molecule has 0 N–H and O–H groups in total. The zero-order valence-electron chi connectivity index (χ0n) is 8.13. The van der Waals surface area contributed by atoms with Gasteiger partial charge in [0.1, 0.15) is 5.82 Å². The predicted molar refractivity (Wildman–Crippen MR) is 56.3 cm³/mol. The van der Waals surface area contributed by atoms with E-state index in [9.17, 15) is 14.5 Å². The summed E-state index contributed by atoms with van der Waals surface area (Å²) in [5.41, 5.74) is 0.513. The minimum atomic E-state index is -0.607. The second kappa shape index (κ2) is 4.06.